The molecule has 0 bridgehead atoms. The molecule has 2 N–H and O–H groups in total. The number of benzene rings is 1. The first kappa shape index (κ1) is 22.0. The minimum atomic E-state index is 0.110. The smallest absolute Gasteiger partial charge is 0.191 e. The molecule has 2 aromatic rings. The van der Waals surface area contributed by atoms with Gasteiger partial charge in [0, 0.05) is 37.7 Å². The molecule has 0 saturated heterocycles. The average Bonchev–Trinajstić information content (AvgIpc) is 3.04. The summed E-state index contributed by atoms with van der Waals surface area (Å²) in [6.45, 7) is 13.3. The number of guanidine groups is 1. The van der Waals surface area contributed by atoms with Crippen molar-refractivity contribution in [2.45, 2.75) is 53.1 Å². The van der Waals surface area contributed by atoms with Crippen LogP contribution in [0.15, 0.2) is 39.8 Å². The highest BCUT2D eigenvalue weighted by Crippen LogP contribution is 2.23. The van der Waals surface area contributed by atoms with Gasteiger partial charge in [0.2, 0.25) is 0 Å². The van der Waals surface area contributed by atoms with E-state index in [1.54, 1.807) is 0 Å². The Balaban J connectivity index is 1.75. The third-order valence-corrected chi connectivity index (χ3v) is 4.70. The molecule has 2 rings (SSSR count). The normalized spacial score (nSPS) is 14.0. The first-order valence-electron chi connectivity index (χ1n) is 10.1. The van der Waals surface area contributed by atoms with E-state index in [0.29, 0.717) is 13.2 Å². The fourth-order valence-corrected chi connectivity index (χ4v) is 3.21. The standard InChI is InChI=1S/C22H34N4O2/c1-6-23-22(25-15-16(2)21-17(3)26-28-19(21)5)24-13-10-14-27-18(4)20-11-8-7-9-12-20/h7-9,11-12,16,18H,6,10,13-15H2,1-5H3,(H2,23,24,25). The van der Waals surface area contributed by atoms with Crippen molar-refractivity contribution in [1.82, 2.24) is 15.8 Å². The molecule has 0 aliphatic carbocycles. The van der Waals surface area contributed by atoms with Crippen LogP contribution in [0.4, 0.5) is 0 Å². The second-order valence-corrected chi connectivity index (χ2v) is 7.06. The quantitative estimate of drug-likeness (QED) is 0.365. The van der Waals surface area contributed by atoms with Gasteiger partial charge in [-0.25, -0.2) is 0 Å². The van der Waals surface area contributed by atoms with Crippen LogP contribution in [0.25, 0.3) is 0 Å². The van der Waals surface area contributed by atoms with Crippen molar-refractivity contribution in [2.24, 2.45) is 4.99 Å². The van der Waals surface area contributed by atoms with Gasteiger partial charge < -0.3 is 19.9 Å². The lowest BCUT2D eigenvalue weighted by Gasteiger charge is -2.15. The molecule has 1 aromatic carbocycles. The maximum absolute atomic E-state index is 5.93. The highest BCUT2D eigenvalue weighted by Gasteiger charge is 2.16. The van der Waals surface area contributed by atoms with E-state index in [-0.39, 0.29) is 12.0 Å². The minimum absolute atomic E-state index is 0.110. The summed E-state index contributed by atoms with van der Waals surface area (Å²) < 4.78 is 11.2. The predicted molar refractivity (Wildman–Crippen MR) is 114 cm³/mol. The molecule has 6 nitrogen and oxygen atoms in total. The molecule has 0 aliphatic heterocycles. The van der Waals surface area contributed by atoms with E-state index < -0.39 is 0 Å². The molecule has 0 spiro atoms. The number of aryl methyl sites for hydroxylation is 2. The topological polar surface area (TPSA) is 71.7 Å². The van der Waals surface area contributed by atoms with E-state index in [0.717, 1.165) is 42.5 Å². The molecule has 0 aliphatic rings. The van der Waals surface area contributed by atoms with Gasteiger partial charge >= 0.3 is 0 Å². The third kappa shape index (κ3) is 6.68. The Morgan fingerprint density at radius 3 is 2.57 bits per heavy atom. The van der Waals surface area contributed by atoms with E-state index >= 15 is 0 Å². The molecular formula is C22H34N4O2. The van der Waals surface area contributed by atoms with Crippen LogP contribution in [0, 0.1) is 13.8 Å². The lowest BCUT2D eigenvalue weighted by Crippen LogP contribution is -2.38. The van der Waals surface area contributed by atoms with Crippen LogP contribution in [0.3, 0.4) is 0 Å². The van der Waals surface area contributed by atoms with Gasteiger partial charge in [-0.1, -0.05) is 42.4 Å². The SMILES string of the molecule is CCNC(=NCC(C)c1c(C)noc1C)NCCCOC(C)c1ccccc1. The Morgan fingerprint density at radius 2 is 1.93 bits per heavy atom. The van der Waals surface area contributed by atoms with Crippen LogP contribution >= 0.6 is 0 Å². The molecule has 0 radical (unpaired) electrons. The van der Waals surface area contributed by atoms with Crippen molar-refractivity contribution in [3.63, 3.8) is 0 Å². The van der Waals surface area contributed by atoms with Crippen molar-refractivity contribution < 1.29 is 9.26 Å². The summed E-state index contributed by atoms with van der Waals surface area (Å²) in [4.78, 5) is 4.72. The summed E-state index contributed by atoms with van der Waals surface area (Å²) >= 11 is 0. The molecule has 1 aromatic heterocycles. The Kier molecular flexibility index (Phi) is 9.01. The van der Waals surface area contributed by atoms with E-state index in [2.05, 4.69) is 48.7 Å². The van der Waals surface area contributed by atoms with Crippen molar-refractivity contribution in [3.8, 4) is 0 Å². The second kappa shape index (κ2) is 11.5. The van der Waals surface area contributed by atoms with Gasteiger partial charge in [0.25, 0.3) is 0 Å². The summed E-state index contributed by atoms with van der Waals surface area (Å²) in [6.07, 6.45) is 1.03. The van der Waals surface area contributed by atoms with Crippen LogP contribution in [-0.2, 0) is 4.74 Å². The van der Waals surface area contributed by atoms with E-state index in [4.69, 9.17) is 14.3 Å². The van der Waals surface area contributed by atoms with Crippen LogP contribution < -0.4 is 10.6 Å². The molecule has 6 heteroatoms. The molecule has 2 unspecified atom stereocenters. The highest BCUT2D eigenvalue weighted by atomic mass is 16.5. The molecule has 0 fully saturated rings. The molecular weight excluding hydrogens is 352 g/mol. The Bertz CT molecular complexity index is 708. The maximum Gasteiger partial charge on any atom is 0.191 e. The Hall–Kier alpha value is -2.34. The van der Waals surface area contributed by atoms with Crippen LogP contribution in [0.1, 0.15) is 61.8 Å². The second-order valence-electron chi connectivity index (χ2n) is 7.06. The van der Waals surface area contributed by atoms with Crippen molar-refractivity contribution in [3.05, 3.63) is 52.9 Å². The number of nitrogens with one attached hydrogen (secondary N) is 2. The summed E-state index contributed by atoms with van der Waals surface area (Å²) in [5, 5.41) is 10.7. The largest absolute Gasteiger partial charge is 0.374 e. The molecule has 0 amide bonds. The van der Waals surface area contributed by atoms with Gasteiger partial charge in [0.15, 0.2) is 5.96 Å². The van der Waals surface area contributed by atoms with E-state index in [1.165, 1.54) is 5.56 Å². The Morgan fingerprint density at radius 1 is 1.18 bits per heavy atom. The average molecular weight is 387 g/mol. The fraction of sp³-hybridized carbons (Fsp3) is 0.545. The Labute approximate surface area is 168 Å². The highest BCUT2D eigenvalue weighted by molar-refractivity contribution is 5.79. The number of ether oxygens (including phenoxy) is 1. The predicted octanol–water partition coefficient (Wildman–Crippen LogP) is 4.12. The molecule has 2 atom stereocenters. The van der Waals surface area contributed by atoms with Gasteiger partial charge in [0.1, 0.15) is 5.76 Å². The van der Waals surface area contributed by atoms with E-state index in [1.807, 2.05) is 32.0 Å². The number of aliphatic imine (C=N–C) groups is 1. The zero-order valence-electron chi connectivity index (χ0n) is 17.8. The first-order chi connectivity index (χ1) is 13.5. The minimum Gasteiger partial charge on any atom is -0.374 e. The van der Waals surface area contributed by atoms with Crippen LogP contribution in [0.2, 0.25) is 0 Å². The fourth-order valence-electron chi connectivity index (χ4n) is 3.21. The molecule has 1 heterocycles. The number of hydrogen-bond acceptors (Lipinski definition) is 4. The lowest BCUT2D eigenvalue weighted by molar-refractivity contribution is 0.0646. The van der Waals surface area contributed by atoms with Gasteiger partial charge in [-0.05, 0) is 39.7 Å². The van der Waals surface area contributed by atoms with Crippen molar-refractivity contribution in [1.29, 1.82) is 0 Å². The maximum atomic E-state index is 5.93. The summed E-state index contributed by atoms with van der Waals surface area (Å²) in [5.41, 5.74) is 3.31. The molecule has 0 saturated carbocycles. The van der Waals surface area contributed by atoms with Gasteiger partial charge in [-0.2, -0.15) is 0 Å². The monoisotopic (exact) mass is 386 g/mol. The first-order valence-corrected chi connectivity index (χ1v) is 10.1. The van der Waals surface area contributed by atoms with E-state index in [9.17, 15) is 0 Å². The number of aromatic nitrogens is 1. The summed E-state index contributed by atoms with van der Waals surface area (Å²) in [7, 11) is 0. The number of rotatable bonds is 10. The van der Waals surface area contributed by atoms with Crippen LogP contribution in [0.5, 0.6) is 0 Å². The van der Waals surface area contributed by atoms with Gasteiger partial charge in [0.05, 0.1) is 11.8 Å². The van der Waals surface area contributed by atoms with Crippen molar-refractivity contribution in [2.75, 3.05) is 26.2 Å². The van der Waals surface area contributed by atoms with Crippen LogP contribution in [-0.4, -0.2) is 37.4 Å². The summed E-state index contributed by atoms with van der Waals surface area (Å²) in [5.74, 6) is 1.97. The zero-order chi connectivity index (χ0) is 20.4. The molecule has 28 heavy (non-hydrogen) atoms. The molecule has 154 valence electrons. The van der Waals surface area contributed by atoms with Gasteiger partial charge in [-0.15, -0.1) is 0 Å². The van der Waals surface area contributed by atoms with Gasteiger partial charge in [-0.3, -0.25) is 4.99 Å². The summed E-state index contributed by atoms with van der Waals surface area (Å²) in [6, 6.07) is 10.3. The zero-order valence-corrected chi connectivity index (χ0v) is 17.8. The number of nitrogens with zero attached hydrogens (tertiary/aromatic N) is 2. The third-order valence-electron chi connectivity index (χ3n) is 4.70. The lowest BCUT2D eigenvalue weighted by atomic mass is 10.00. The van der Waals surface area contributed by atoms with Crippen molar-refractivity contribution >= 4 is 5.96 Å². The number of hydrogen-bond donors (Lipinski definition) is 2.